The summed E-state index contributed by atoms with van der Waals surface area (Å²) in [6.45, 7) is 1.09. The lowest BCUT2D eigenvalue weighted by Crippen LogP contribution is -2.31. The van der Waals surface area contributed by atoms with Crippen LogP contribution >= 0.6 is 15.9 Å². The number of halogens is 4. The minimum absolute atomic E-state index is 0.00859. The molecule has 5 nitrogen and oxygen atoms in total. The maximum absolute atomic E-state index is 14.1. The molecule has 1 aromatic heterocycles. The summed E-state index contributed by atoms with van der Waals surface area (Å²) in [5, 5.41) is 2.87. The summed E-state index contributed by atoms with van der Waals surface area (Å²) in [7, 11) is 5.28. The molecule has 38 heavy (non-hydrogen) atoms. The molecule has 1 amide bonds. The highest BCUT2D eigenvalue weighted by Crippen LogP contribution is 2.40. The number of para-hydroxylation sites is 1. The Morgan fingerprint density at radius 1 is 0.947 bits per heavy atom. The highest BCUT2D eigenvalue weighted by molar-refractivity contribution is 9.10. The van der Waals surface area contributed by atoms with E-state index in [1.54, 1.807) is 41.0 Å². The number of alkyl halides is 3. The Bertz CT molecular complexity index is 1430. The van der Waals surface area contributed by atoms with E-state index in [4.69, 9.17) is 4.74 Å². The number of likely N-dealkylation sites (N-methyl/N-ethyl adjacent to an activating group) is 1. The molecular weight excluding hydrogens is 559 g/mol. The van der Waals surface area contributed by atoms with Crippen molar-refractivity contribution in [3.05, 3.63) is 94.5 Å². The van der Waals surface area contributed by atoms with Crippen molar-refractivity contribution < 1.29 is 22.7 Å². The van der Waals surface area contributed by atoms with Gasteiger partial charge in [0.1, 0.15) is 5.75 Å². The van der Waals surface area contributed by atoms with Crippen molar-refractivity contribution in [2.24, 2.45) is 0 Å². The van der Waals surface area contributed by atoms with E-state index < -0.39 is 11.7 Å². The van der Waals surface area contributed by atoms with Gasteiger partial charge >= 0.3 is 6.18 Å². The van der Waals surface area contributed by atoms with Crippen LogP contribution < -0.4 is 10.1 Å². The van der Waals surface area contributed by atoms with Crippen LogP contribution in [0, 0.1) is 0 Å². The van der Waals surface area contributed by atoms with Crippen molar-refractivity contribution in [3.8, 4) is 34.0 Å². The molecule has 0 aliphatic rings. The van der Waals surface area contributed by atoms with E-state index in [2.05, 4.69) is 21.2 Å². The molecule has 0 radical (unpaired) electrons. The van der Waals surface area contributed by atoms with Gasteiger partial charge < -0.3 is 19.5 Å². The number of rotatable bonds is 8. The molecule has 0 aliphatic carbocycles. The Hall–Kier alpha value is -3.56. The average Bonchev–Trinajstić information content (AvgIpc) is 3.33. The molecule has 3 aromatic carbocycles. The minimum atomic E-state index is -4.56. The monoisotopic (exact) mass is 585 g/mol. The zero-order valence-electron chi connectivity index (χ0n) is 21.1. The number of ether oxygens (including phenoxy) is 1. The fourth-order valence-corrected chi connectivity index (χ4v) is 4.47. The molecule has 1 N–H and O–H groups in total. The minimum Gasteiger partial charge on any atom is -0.496 e. The summed E-state index contributed by atoms with van der Waals surface area (Å²) in [5.41, 5.74) is 1.93. The molecule has 0 bridgehead atoms. The van der Waals surface area contributed by atoms with E-state index in [1.165, 1.54) is 19.2 Å². The van der Waals surface area contributed by atoms with Crippen molar-refractivity contribution in [2.75, 3.05) is 34.3 Å². The molecule has 0 saturated carbocycles. The molecule has 198 valence electrons. The van der Waals surface area contributed by atoms with Crippen LogP contribution in [0.25, 0.3) is 28.2 Å². The van der Waals surface area contributed by atoms with E-state index in [0.29, 0.717) is 41.4 Å². The van der Waals surface area contributed by atoms with Crippen molar-refractivity contribution >= 4 is 21.8 Å². The first-order chi connectivity index (χ1) is 18.1. The maximum Gasteiger partial charge on any atom is 0.418 e. The molecule has 0 saturated heterocycles. The van der Waals surface area contributed by atoms with Crippen LogP contribution in [0.3, 0.4) is 0 Å². The summed E-state index contributed by atoms with van der Waals surface area (Å²) in [6, 6.07) is 21.4. The Labute approximate surface area is 228 Å². The van der Waals surface area contributed by atoms with Gasteiger partial charge in [-0.2, -0.15) is 13.2 Å². The molecule has 4 aromatic rings. The van der Waals surface area contributed by atoms with Crippen molar-refractivity contribution in [1.82, 2.24) is 14.8 Å². The SMILES string of the molecule is COc1ccc(-c2ccc(-c3ccc(Br)cc3)n2-c2ccccc2C(F)(F)F)cc1C(=O)NCCN(C)C. The molecule has 0 aliphatic heterocycles. The van der Waals surface area contributed by atoms with Crippen LogP contribution in [0.1, 0.15) is 15.9 Å². The van der Waals surface area contributed by atoms with Gasteiger partial charge in [0, 0.05) is 17.6 Å². The second kappa shape index (κ2) is 11.4. The van der Waals surface area contributed by atoms with Crippen molar-refractivity contribution in [2.45, 2.75) is 6.18 Å². The smallest absolute Gasteiger partial charge is 0.418 e. The zero-order valence-corrected chi connectivity index (χ0v) is 22.7. The summed E-state index contributed by atoms with van der Waals surface area (Å²) in [6.07, 6.45) is -4.56. The van der Waals surface area contributed by atoms with Crippen LogP contribution in [-0.4, -0.2) is 49.7 Å². The standard InChI is InChI=1S/C29H27BrF3N3O2/c1-35(2)17-16-34-28(37)22-18-20(10-15-27(22)38-3)25-14-13-24(19-8-11-21(30)12-9-19)36(25)26-7-5-4-6-23(26)29(31,32)33/h4-15,18H,16-17H2,1-3H3,(H,34,37). The lowest BCUT2D eigenvalue weighted by atomic mass is 10.1. The maximum atomic E-state index is 14.1. The van der Waals surface area contributed by atoms with E-state index in [-0.39, 0.29) is 11.6 Å². The van der Waals surface area contributed by atoms with E-state index >= 15 is 0 Å². The number of carbonyl (C=O) groups excluding carboxylic acids is 1. The molecule has 4 rings (SSSR count). The van der Waals surface area contributed by atoms with Gasteiger partial charge in [-0.3, -0.25) is 4.79 Å². The Kier molecular flexibility index (Phi) is 8.28. The number of amides is 1. The molecule has 1 heterocycles. The van der Waals surface area contributed by atoms with E-state index in [9.17, 15) is 18.0 Å². The van der Waals surface area contributed by atoms with Crippen LogP contribution in [-0.2, 0) is 6.18 Å². The topological polar surface area (TPSA) is 46.5 Å². The van der Waals surface area contributed by atoms with Crippen LogP contribution in [0.2, 0.25) is 0 Å². The molecule has 0 spiro atoms. The summed E-state index contributed by atoms with van der Waals surface area (Å²) in [4.78, 5) is 15.0. The summed E-state index contributed by atoms with van der Waals surface area (Å²) in [5.74, 6) is 0.0468. The van der Waals surface area contributed by atoms with Crippen LogP contribution in [0.5, 0.6) is 5.75 Å². The first kappa shape index (κ1) is 27.5. The fourth-order valence-electron chi connectivity index (χ4n) is 4.21. The number of hydrogen-bond acceptors (Lipinski definition) is 3. The van der Waals surface area contributed by atoms with E-state index in [0.717, 1.165) is 16.1 Å². The normalized spacial score (nSPS) is 11.6. The summed E-state index contributed by atoms with van der Waals surface area (Å²) >= 11 is 3.41. The number of aromatic nitrogens is 1. The average molecular weight is 586 g/mol. The Balaban J connectivity index is 1.90. The van der Waals surface area contributed by atoms with Crippen LogP contribution in [0.4, 0.5) is 13.2 Å². The van der Waals surface area contributed by atoms with Crippen molar-refractivity contribution in [3.63, 3.8) is 0 Å². The number of benzene rings is 3. The van der Waals surface area contributed by atoms with Gasteiger partial charge in [-0.15, -0.1) is 0 Å². The third-order valence-electron chi connectivity index (χ3n) is 6.06. The largest absolute Gasteiger partial charge is 0.496 e. The highest BCUT2D eigenvalue weighted by Gasteiger charge is 2.34. The number of methoxy groups -OCH3 is 1. The second-order valence-corrected chi connectivity index (χ2v) is 9.85. The predicted octanol–water partition coefficient (Wildman–Crippen LogP) is 6.89. The lowest BCUT2D eigenvalue weighted by Gasteiger charge is -2.20. The molecule has 0 atom stereocenters. The third kappa shape index (κ3) is 5.95. The van der Waals surface area contributed by atoms with Crippen molar-refractivity contribution in [1.29, 1.82) is 0 Å². The Morgan fingerprint density at radius 2 is 1.58 bits per heavy atom. The number of nitrogens with one attached hydrogen (secondary N) is 1. The first-order valence-corrected chi connectivity index (χ1v) is 12.6. The quantitative estimate of drug-likeness (QED) is 0.245. The number of hydrogen-bond donors (Lipinski definition) is 1. The number of nitrogens with zero attached hydrogens (tertiary/aromatic N) is 2. The van der Waals surface area contributed by atoms with Gasteiger partial charge in [-0.25, -0.2) is 0 Å². The molecular formula is C29H27BrF3N3O2. The van der Waals surface area contributed by atoms with Gasteiger partial charge in [0.05, 0.1) is 35.3 Å². The van der Waals surface area contributed by atoms with Gasteiger partial charge in [-0.05, 0) is 79.8 Å². The highest BCUT2D eigenvalue weighted by atomic mass is 79.9. The van der Waals surface area contributed by atoms with Gasteiger partial charge in [0.2, 0.25) is 0 Å². The third-order valence-corrected chi connectivity index (χ3v) is 6.58. The van der Waals surface area contributed by atoms with E-state index in [1.807, 2.05) is 43.3 Å². The van der Waals surface area contributed by atoms with Gasteiger partial charge in [-0.1, -0.05) is 40.2 Å². The predicted molar refractivity (Wildman–Crippen MR) is 147 cm³/mol. The van der Waals surface area contributed by atoms with Gasteiger partial charge in [0.25, 0.3) is 5.91 Å². The molecule has 0 unspecified atom stereocenters. The lowest BCUT2D eigenvalue weighted by molar-refractivity contribution is -0.137. The van der Waals surface area contributed by atoms with Crippen LogP contribution in [0.15, 0.2) is 83.3 Å². The van der Waals surface area contributed by atoms with Gasteiger partial charge in [0.15, 0.2) is 0 Å². The fraction of sp³-hybridized carbons (Fsp3) is 0.207. The molecule has 9 heteroatoms. The zero-order chi connectivity index (χ0) is 27.4. The summed E-state index contributed by atoms with van der Waals surface area (Å²) < 4.78 is 50.2. The Morgan fingerprint density at radius 3 is 2.21 bits per heavy atom. The number of carbonyl (C=O) groups is 1. The first-order valence-electron chi connectivity index (χ1n) is 11.9. The molecule has 0 fully saturated rings. The second-order valence-electron chi connectivity index (χ2n) is 8.94.